The minimum absolute atomic E-state index is 0. The number of nitrogens with one attached hydrogen (secondary N) is 2. The molecule has 2 aromatic carbocycles. The molecule has 0 amide bonds. The van der Waals surface area contributed by atoms with Crippen LogP contribution in [0.15, 0.2) is 59.6 Å². The first-order valence-electron chi connectivity index (χ1n) is 8.65. The van der Waals surface area contributed by atoms with Crippen molar-refractivity contribution in [3.8, 4) is 0 Å². The first-order valence-corrected chi connectivity index (χ1v) is 8.65. The number of hydrogen-bond donors (Lipinski definition) is 2. The molecule has 26 heavy (non-hydrogen) atoms. The average molecular weight is 467 g/mol. The Balaban J connectivity index is 0.00000338. The first-order chi connectivity index (χ1) is 12.0. The van der Waals surface area contributed by atoms with Gasteiger partial charge in [-0.05, 0) is 37.5 Å². The predicted octanol–water partition coefficient (Wildman–Crippen LogP) is 4.48. The average Bonchev–Trinajstić information content (AvgIpc) is 2.59. The summed E-state index contributed by atoms with van der Waals surface area (Å²) in [5, 5.41) is 6.74. The Morgan fingerprint density at radius 3 is 2.15 bits per heavy atom. The number of guanidine groups is 1. The Morgan fingerprint density at radius 1 is 0.923 bits per heavy atom. The second-order valence-corrected chi connectivity index (χ2v) is 7.05. The van der Waals surface area contributed by atoms with Crippen molar-refractivity contribution in [3.63, 3.8) is 0 Å². The third-order valence-electron chi connectivity index (χ3n) is 3.65. The molecule has 0 aliphatic rings. The third kappa shape index (κ3) is 8.19. The topological polar surface area (TPSA) is 45.7 Å². The summed E-state index contributed by atoms with van der Waals surface area (Å²) < 4.78 is 5.89. The molecule has 0 saturated carbocycles. The van der Waals surface area contributed by atoms with Gasteiger partial charge in [-0.1, -0.05) is 54.6 Å². The van der Waals surface area contributed by atoms with Crippen LogP contribution in [-0.4, -0.2) is 18.5 Å². The molecule has 0 fully saturated rings. The van der Waals surface area contributed by atoms with E-state index in [1.54, 1.807) is 7.05 Å². The van der Waals surface area contributed by atoms with Crippen molar-refractivity contribution in [2.75, 3.05) is 7.05 Å². The summed E-state index contributed by atoms with van der Waals surface area (Å²) in [6.07, 6.45) is 0. The zero-order valence-corrected chi connectivity index (χ0v) is 18.4. The van der Waals surface area contributed by atoms with E-state index >= 15 is 0 Å². The summed E-state index contributed by atoms with van der Waals surface area (Å²) in [6.45, 7) is 8.27. The lowest BCUT2D eigenvalue weighted by Crippen LogP contribution is -2.47. The van der Waals surface area contributed by atoms with Crippen molar-refractivity contribution in [2.45, 2.75) is 46.1 Å². The molecule has 0 aromatic heterocycles. The van der Waals surface area contributed by atoms with E-state index in [2.05, 4.69) is 66.7 Å². The summed E-state index contributed by atoms with van der Waals surface area (Å²) in [5.41, 5.74) is 3.57. The van der Waals surface area contributed by atoms with E-state index in [-0.39, 0.29) is 29.5 Å². The van der Waals surface area contributed by atoms with Gasteiger partial charge in [0.25, 0.3) is 0 Å². The summed E-state index contributed by atoms with van der Waals surface area (Å²) in [6, 6.07) is 18.6. The molecule has 0 atom stereocenters. The Hall–Kier alpha value is -1.60. The fourth-order valence-electron chi connectivity index (χ4n) is 2.44. The standard InChI is InChI=1S/C21H29N3O.HI/c1-21(2,3)24-20(22-4)23-14-18-12-8-9-13-19(18)16-25-15-17-10-6-5-7-11-17;/h5-13H,14-16H2,1-4H3,(H2,22,23,24);1H. The van der Waals surface area contributed by atoms with Gasteiger partial charge in [0, 0.05) is 19.1 Å². The quantitative estimate of drug-likeness (QED) is 0.374. The van der Waals surface area contributed by atoms with Gasteiger partial charge in [0.2, 0.25) is 0 Å². The van der Waals surface area contributed by atoms with Crippen molar-refractivity contribution in [3.05, 3.63) is 71.3 Å². The highest BCUT2D eigenvalue weighted by Gasteiger charge is 2.12. The largest absolute Gasteiger partial charge is 0.372 e. The second kappa shape index (κ2) is 11.2. The van der Waals surface area contributed by atoms with E-state index in [1.165, 1.54) is 16.7 Å². The Kier molecular flexibility index (Phi) is 9.65. The van der Waals surface area contributed by atoms with E-state index in [1.807, 2.05) is 24.3 Å². The molecule has 0 heterocycles. The van der Waals surface area contributed by atoms with E-state index in [0.717, 1.165) is 5.96 Å². The molecule has 0 bridgehead atoms. The normalized spacial score (nSPS) is 11.6. The van der Waals surface area contributed by atoms with Crippen molar-refractivity contribution in [1.29, 1.82) is 0 Å². The molecule has 0 aliphatic carbocycles. The molecule has 5 heteroatoms. The van der Waals surface area contributed by atoms with Gasteiger partial charge in [0.15, 0.2) is 5.96 Å². The Labute approximate surface area is 174 Å². The number of ether oxygens (including phenoxy) is 1. The van der Waals surface area contributed by atoms with Crippen LogP contribution in [0.1, 0.15) is 37.5 Å². The van der Waals surface area contributed by atoms with Crippen LogP contribution in [0.25, 0.3) is 0 Å². The van der Waals surface area contributed by atoms with Gasteiger partial charge in [-0.25, -0.2) is 0 Å². The van der Waals surface area contributed by atoms with Crippen LogP contribution in [0.5, 0.6) is 0 Å². The van der Waals surface area contributed by atoms with Gasteiger partial charge in [0.1, 0.15) is 0 Å². The number of nitrogens with zero attached hydrogens (tertiary/aromatic N) is 1. The molecule has 2 aromatic rings. The molecule has 4 nitrogen and oxygen atoms in total. The van der Waals surface area contributed by atoms with E-state index in [9.17, 15) is 0 Å². The summed E-state index contributed by atoms with van der Waals surface area (Å²) in [5.74, 6) is 0.799. The van der Waals surface area contributed by atoms with Crippen LogP contribution in [-0.2, 0) is 24.5 Å². The number of hydrogen-bond acceptors (Lipinski definition) is 2. The number of aliphatic imine (C=N–C) groups is 1. The highest BCUT2D eigenvalue weighted by molar-refractivity contribution is 14.0. The Bertz CT molecular complexity index is 681. The molecule has 2 rings (SSSR count). The molecule has 0 aliphatic heterocycles. The predicted molar refractivity (Wildman–Crippen MR) is 120 cm³/mol. The zero-order valence-electron chi connectivity index (χ0n) is 16.1. The molecular formula is C21H30IN3O. The smallest absolute Gasteiger partial charge is 0.191 e. The minimum Gasteiger partial charge on any atom is -0.372 e. The molecule has 142 valence electrons. The minimum atomic E-state index is -0.0276. The van der Waals surface area contributed by atoms with Crippen LogP contribution >= 0.6 is 24.0 Å². The lowest BCUT2D eigenvalue weighted by Gasteiger charge is -2.24. The van der Waals surface area contributed by atoms with Crippen molar-refractivity contribution in [1.82, 2.24) is 10.6 Å². The molecule has 0 unspecified atom stereocenters. The van der Waals surface area contributed by atoms with Gasteiger partial charge in [0.05, 0.1) is 13.2 Å². The lowest BCUT2D eigenvalue weighted by molar-refractivity contribution is 0.106. The highest BCUT2D eigenvalue weighted by atomic mass is 127. The van der Waals surface area contributed by atoms with Crippen molar-refractivity contribution >= 4 is 29.9 Å². The van der Waals surface area contributed by atoms with Gasteiger partial charge in [-0.3, -0.25) is 4.99 Å². The molecule has 0 saturated heterocycles. The highest BCUT2D eigenvalue weighted by Crippen LogP contribution is 2.12. The van der Waals surface area contributed by atoms with E-state index < -0.39 is 0 Å². The maximum atomic E-state index is 5.89. The lowest BCUT2D eigenvalue weighted by atomic mass is 10.1. The van der Waals surface area contributed by atoms with Crippen LogP contribution in [0.2, 0.25) is 0 Å². The fraction of sp³-hybridized carbons (Fsp3) is 0.381. The van der Waals surface area contributed by atoms with Crippen LogP contribution in [0, 0.1) is 0 Å². The third-order valence-corrected chi connectivity index (χ3v) is 3.65. The van der Waals surface area contributed by atoms with Gasteiger partial charge in [-0.2, -0.15) is 0 Å². The van der Waals surface area contributed by atoms with Crippen LogP contribution in [0.3, 0.4) is 0 Å². The van der Waals surface area contributed by atoms with Gasteiger partial charge in [-0.15, -0.1) is 24.0 Å². The fourth-order valence-corrected chi connectivity index (χ4v) is 2.44. The summed E-state index contributed by atoms with van der Waals surface area (Å²) >= 11 is 0. The van der Waals surface area contributed by atoms with E-state index in [0.29, 0.717) is 19.8 Å². The molecule has 2 N–H and O–H groups in total. The van der Waals surface area contributed by atoms with Gasteiger partial charge >= 0.3 is 0 Å². The number of rotatable bonds is 6. The maximum Gasteiger partial charge on any atom is 0.191 e. The number of benzene rings is 2. The molecular weight excluding hydrogens is 437 g/mol. The molecule has 0 spiro atoms. The van der Waals surface area contributed by atoms with Crippen molar-refractivity contribution < 1.29 is 4.74 Å². The van der Waals surface area contributed by atoms with Gasteiger partial charge < -0.3 is 15.4 Å². The van der Waals surface area contributed by atoms with Crippen LogP contribution in [0.4, 0.5) is 0 Å². The maximum absolute atomic E-state index is 5.89. The van der Waals surface area contributed by atoms with E-state index in [4.69, 9.17) is 4.74 Å². The summed E-state index contributed by atoms with van der Waals surface area (Å²) in [4.78, 5) is 4.28. The number of halogens is 1. The first kappa shape index (κ1) is 22.4. The summed E-state index contributed by atoms with van der Waals surface area (Å²) in [7, 11) is 1.79. The monoisotopic (exact) mass is 467 g/mol. The zero-order chi connectivity index (χ0) is 18.1. The molecule has 0 radical (unpaired) electrons. The SMILES string of the molecule is CN=C(NCc1ccccc1COCc1ccccc1)NC(C)(C)C.I. The second-order valence-electron chi connectivity index (χ2n) is 7.05. The van der Waals surface area contributed by atoms with Crippen molar-refractivity contribution in [2.24, 2.45) is 4.99 Å². The van der Waals surface area contributed by atoms with Crippen LogP contribution < -0.4 is 10.6 Å². The Morgan fingerprint density at radius 2 is 1.54 bits per heavy atom.